The van der Waals surface area contributed by atoms with Gasteiger partial charge in [0.15, 0.2) is 5.69 Å². The van der Waals surface area contributed by atoms with Crippen LogP contribution in [0.15, 0.2) is 18.2 Å². The Morgan fingerprint density at radius 3 is 2.95 bits per heavy atom. The summed E-state index contributed by atoms with van der Waals surface area (Å²) in [6.45, 7) is 0. The lowest BCUT2D eigenvalue weighted by Gasteiger charge is -2.03. The van der Waals surface area contributed by atoms with Gasteiger partial charge in [0.2, 0.25) is 0 Å². The lowest BCUT2D eigenvalue weighted by atomic mass is 10.2. The average molecular weight is 278 g/mol. The van der Waals surface area contributed by atoms with Crippen molar-refractivity contribution in [1.82, 2.24) is 15.2 Å². The Hall–Kier alpha value is -2.08. The van der Waals surface area contributed by atoms with E-state index in [0.29, 0.717) is 22.6 Å². The second-order valence-electron chi connectivity index (χ2n) is 4.47. The van der Waals surface area contributed by atoms with E-state index in [0.717, 1.165) is 18.5 Å². The maximum absolute atomic E-state index is 12.0. The fraction of sp³-hybridized carbons (Fsp3) is 0.250. The third-order valence-electron chi connectivity index (χ3n) is 2.99. The number of rotatable bonds is 3. The summed E-state index contributed by atoms with van der Waals surface area (Å²) < 4.78 is 0. The van der Waals surface area contributed by atoms with Crippen LogP contribution in [-0.2, 0) is 0 Å². The molecule has 0 spiro atoms. The number of amides is 1. The summed E-state index contributed by atoms with van der Waals surface area (Å²) in [5.41, 5.74) is 7.40. The first-order valence-electron chi connectivity index (χ1n) is 5.93. The molecular formula is C12H12ClN5O. The van der Waals surface area contributed by atoms with Gasteiger partial charge in [0.05, 0.1) is 11.4 Å². The molecule has 7 heteroatoms. The number of nitrogens with zero attached hydrogens (tertiary/aromatic N) is 2. The van der Waals surface area contributed by atoms with E-state index >= 15 is 0 Å². The molecule has 6 nitrogen and oxygen atoms in total. The Balaban J connectivity index is 1.80. The van der Waals surface area contributed by atoms with Crippen LogP contribution in [-0.4, -0.2) is 21.1 Å². The predicted octanol–water partition coefficient (Wildman–Crippen LogP) is 2.17. The fourth-order valence-corrected chi connectivity index (χ4v) is 2.04. The van der Waals surface area contributed by atoms with Crippen molar-refractivity contribution in [2.75, 3.05) is 11.1 Å². The number of carbonyl (C=O) groups excluding carboxylic acids is 1. The number of pyridine rings is 1. The highest BCUT2D eigenvalue weighted by molar-refractivity contribution is 6.29. The second kappa shape index (κ2) is 4.55. The molecule has 1 aliphatic rings. The summed E-state index contributed by atoms with van der Waals surface area (Å²) in [5.74, 6) is 0.390. The molecule has 0 atom stereocenters. The van der Waals surface area contributed by atoms with Gasteiger partial charge in [-0.2, -0.15) is 5.10 Å². The standard InChI is InChI=1S/C12H12ClN5O/c13-7-2-1-3-8(15-7)16-12(19)11-9(14)10(17-18-11)6-4-5-6/h1-3,6H,4-5,14H2,(H,17,18)(H,15,16,19). The lowest BCUT2D eigenvalue weighted by molar-refractivity contribution is 0.102. The van der Waals surface area contributed by atoms with Crippen molar-refractivity contribution in [2.45, 2.75) is 18.8 Å². The Morgan fingerprint density at radius 2 is 2.26 bits per heavy atom. The number of nitrogens with two attached hydrogens (primary N) is 1. The van der Waals surface area contributed by atoms with Crippen molar-refractivity contribution >= 4 is 29.0 Å². The van der Waals surface area contributed by atoms with E-state index in [9.17, 15) is 4.79 Å². The largest absolute Gasteiger partial charge is 0.395 e. The van der Waals surface area contributed by atoms with Gasteiger partial charge in [-0.1, -0.05) is 17.7 Å². The molecular weight excluding hydrogens is 266 g/mol. The van der Waals surface area contributed by atoms with E-state index in [-0.39, 0.29) is 5.69 Å². The van der Waals surface area contributed by atoms with Crippen LogP contribution in [0.25, 0.3) is 0 Å². The van der Waals surface area contributed by atoms with Crippen molar-refractivity contribution in [3.05, 3.63) is 34.7 Å². The van der Waals surface area contributed by atoms with Gasteiger partial charge in [-0.3, -0.25) is 9.89 Å². The third kappa shape index (κ3) is 2.39. The Kier molecular flexibility index (Phi) is 2.87. The fourth-order valence-electron chi connectivity index (χ4n) is 1.87. The van der Waals surface area contributed by atoms with Crippen LogP contribution in [0.1, 0.15) is 34.9 Å². The molecule has 1 fully saturated rings. The lowest BCUT2D eigenvalue weighted by Crippen LogP contribution is -2.15. The highest BCUT2D eigenvalue weighted by Crippen LogP contribution is 2.42. The molecule has 2 heterocycles. The number of hydrogen-bond acceptors (Lipinski definition) is 4. The minimum absolute atomic E-state index is 0.198. The number of carbonyl (C=O) groups is 1. The first-order valence-corrected chi connectivity index (χ1v) is 6.30. The maximum atomic E-state index is 12.0. The van der Waals surface area contributed by atoms with Gasteiger partial charge in [0, 0.05) is 5.92 Å². The van der Waals surface area contributed by atoms with E-state index in [2.05, 4.69) is 20.5 Å². The summed E-state index contributed by atoms with van der Waals surface area (Å²) in [7, 11) is 0. The zero-order valence-corrected chi connectivity index (χ0v) is 10.7. The van der Waals surface area contributed by atoms with Crippen molar-refractivity contribution in [3.8, 4) is 0 Å². The highest BCUT2D eigenvalue weighted by Gasteiger charge is 2.30. The van der Waals surface area contributed by atoms with E-state index in [1.807, 2.05) is 0 Å². The molecule has 1 saturated carbocycles. The molecule has 2 aromatic rings. The Morgan fingerprint density at radius 1 is 1.47 bits per heavy atom. The summed E-state index contributed by atoms with van der Waals surface area (Å²) in [5, 5.41) is 9.73. The minimum Gasteiger partial charge on any atom is -0.395 e. The number of anilines is 2. The van der Waals surface area contributed by atoms with Crippen molar-refractivity contribution < 1.29 is 4.79 Å². The number of aromatic amines is 1. The van der Waals surface area contributed by atoms with Crippen LogP contribution in [0, 0.1) is 0 Å². The van der Waals surface area contributed by atoms with Gasteiger partial charge < -0.3 is 11.1 Å². The first kappa shape index (κ1) is 12.0. The summed E-state index contributed by atoms with van der Waals surface area (Å²) >= 11 is 5.75. The summed E-state index contributed by atoms with van der Waals surface area (Å²) in [4.78, 5) is 16.0. The van der Waals surface area contributed by atoms with Crippen LogP contribution in [0.3, 0.4) is 0 Å². The smallest absolute Gasteiger partial charge is 0.279 e. The van der Waals surface area contributed by atoms with Crippen LogP contribution < -0.4 is 11.1 Å². The molecule has 1 aliphatic carbocycles. The highest BCUT2D eigenvalue weighted by atomic mass is 35.5. The molecule has 19 heavy (non-hydrogen) atoms. The number of hydrogen-bond donors (Lipinski definition) is 3. The van der Waals surface area contributed by atoms with Crippen LogP contribution in [0.2, 0.25) is 5.15 Å². The molecule has 0 bridgehead atoms. The predicted molar refractivity (Wildman–Crippen MR) is 72.2 cm³/mol. The molecule has 98 valence electrons. The number of nitrogens with one attached hydrogen (secondary N) is 2. The maximum Gasteiger partial charge on any atom is 0.279 e. The molecule has 0 unspecified atom stereocenters. The molecule has 0 aromatic carbocycles. The number of H-pyrrole nitrogens is 1. The number of halogens is 1. The summed E-state index contributed by atoms with van der Waals surface area (Å²) in [6.07, 6.45) is 2.17. The normalized spacial score (nSPS) is 14.4. The molecule has 4 N–H and O–H groups in total. The van der Waals surface area contributed by atoms with Crippen molar-refractivity contribution in [2.24, 2.45) is 0 Å². The SMILES string of the molecule is Nc1c(C(=O)Nc2cccc(Cl)n2)n[nH]c1C1CC1. The molecule has 1 amide bonds. The number of nitrogen functional groups attached to an aromatic ring is 1. The van der Waals surface area contributed by atoms with Crippen LogP contribution in [0.4, 0.5) is 11.5 Å². The monoisotopic (exact) mass is 277 g/mol. The topological polar surface area (TPSA) is 96.7 Å². The Bertz CT molecular complexity index is 635. The van der Waals surface area contributed by atoms with E-state index in [1.54, 1.807) is 18.2 Å². The summed E-state index contributed by atoms with van der Waals surface area (Å²) in [6, 6.07) is 4.98. The van der Waals surface area contributed by atoms with E-state index < -0.39 is 5.91 Å². The molecule has 2 aromatic heterocycles. The quantitative estimate of drug-likeness (QED) is 0.749. The van der Waals surface area contributed by atoms with Crippen LogP contribution >= 0.6 is 11.6 Å². The van der Waals surface area contributed by atoms with Gasteiger partial charge in [-0.05, 0) is 25.0 Å². The number of aromatic nitrogens is 3. The van der Waals surface area contributed by atoms with E-state index in [1.165, 1.54) is 0 Å². The van der Waals surface area contributed by atoms with Gasteiger partial charge in [-0.25, -0.2) is 4.98 Å². The second-order valence-corrected chi connectivity index (χ2v) is 4.86. The average Bonchev–Trinajstić information content (AvgIpc) is 3.13. The van der Waals surface area contributed by atoms with Gasteiger partial charge in [-0.15, -0.1) is 0 Å². The minimum atomic E-state index is -0.393. The van der Waals surface area contributed by atoms with Crippen molar-refractivity contribution in [3.63, 3.8) is 0 Å². The van der Waals surface area contributed by atoms with Gasteiger partial charge in [0.25, 0.3) is 5.91 Å². The van der Waals surface area contributed by atoms with Gasteiger partial charge in [0.1, 0.15) is 11.0 Å². The van der Waals surface area contributed by atoms with E-state index in [4.69, 9.17) is 17.3 Å². The van der Waals surface area contributed by atoms with Gasteiger partial charge >= 0.3 is 0 Å². The first-order chi connectivity index (χ1) is 9.15. The Labute approximate surface area is 114 Å². The molecule has 0 radical (unpaired) electrons. The zero-order valence-electron chi connectivity index (χ0n) is 9.98. The molecule has 3 rings (SSSR count). The third-order valence-corrected chi connectivity index (χ3v) is 3.20. The molecule has 0 saturated heterocycles. The zero-order chi connectivity index (χ0) is 13.4. The molecule has 0 aliphatic heterocycles. The van der Waals surface area contributed by atoms with Crippen LogP contribution in [0.5, 0.6) is 0 Å². The van der Waals surface area contributed by atoms with Crippen molar-refractivity contribution in [1.29, 1.82) is 0 Å².